The number of carbonyl (C=O) groups excluding carboxylic acids is 2. The van der Waals surface area contributed by atoms with Gasteiger partial charge < -0.3 is 5.11 Å². The Morgan fingerprint density at radius 1 is 0.955 bits per heavy atom. The molecule has 2 atom stereocenters. The highest BCUT2D eigenvalue weighted by Gasteiger charge is 2.54. The molecule has 1 aromatic rings. The van der Waals surface area contributed by atoms with E-state index in [4.69, 9.17) is 5.11 Å². The van der Waals surface area contributed by atoms with Gasteiger partial charge in [-0.2, -0.15) is 0 Å². The summed E-state index contributed by atoms with van der Waals surface area (Å²) in [5.41, 5.74) is 4.70. The van der Waals surface area contributed by atoms with E-state index in [1.54, 1.807) is 12.1 Å². The Labute approximate surface area is 127 Å². The van der Waals surface area contributed by atoms with Crippen molar-refractivity contribution in [3.8, 4) is 0 Å². The monoisotopic (exact) mass is 302 g/mol. The number of nitrogens with one attached hydrogen (secondary N) is 2. The summed E-state index contributed by atoms with van der Waals surface area (Å²) in [5, 5.41) is 9.06. The van der Waals surface area contributed by atoms with Crippen LogP contribution in [0.25, 0.3) is 0 Å². The van der Waals surface area contributed by atoms with E-state index in [-0.39, 0.29) is 23.0 Å². The molecule has 1 aromatic carbocycles. The number of carbonyl (C=O) groups is 3. The molecule has 0 bridgehead atoms. The molecule has 0 aromatic heterocycles. The summed E-state index contributed by atoms with van der Waals surface area (Å²) in [6.07, 6.45) is 4.50. The van der Waals surface area contributed by atoms with Crippen molar-refractivity contribution in [3.05, 3.63) is 35.4 Å². The van der Waals surface area contributed by atoms with Crippen LogP contribution in [-0.4, -0.2) is 22.9 Å². The van der Waals surface area contributed by atoms with Gasteiger partial charge in [0.25, 0.3) is 5.91 Å². The van der Waals surface area contributed by atoms with Gasteiger partial charge in [0.15, 0.2) is 0 Å². The maximum absolute atomic E-state index is 12.1. The molecule has 2 aliphatic carbocycles. The predicted molar refractivity (Wildman–Crippen MR) is 77.9 cm³/mol. The van der Waals surface area contributed by atoms with Crippen LogP contribution in [0.3, 0.4) is 0 Å². The third-order valence-corrected chi connectivity index (χ3v) is 4.66. The topological polar surface area (TPSA) is 95.5 Å². The van der Waals surface area contributed by atoms with Crippen LogP contribution in [0.5, 0.6) is 0 Å². The molecule has 2 amide bonds. The highest BCUT2D eigenvalue weighted by atomic mass is 16.4. The number of aromatic carboxylic acids is 1. The first-order valence-electron chi connectivity index (χ1n) is 7.52. The predicted octanol–water partition coefficient (Wildman–Crippen LogP) is 1.58. The van der Waals surface area contributed by atoms with Gasteiger partial charge >= 0.3 is 5.97 Å². The normalized spacial score (nSPS) is 25.7. The third kappa shape index (κ3) is 2.68. The molecule has 2 aliphatic rings. The first kappa shape index (κ1) is 14.6. The summed E-state index contributed by atoms with van der Waals surface area (Å²) in [5.74, 6) is -1.05. The van der Waals surface area contributed by atoms with Crippen LogP contribution >= 0.6 is 0 Å². The summed E-state index contributed by atoms with van der Waals surface area (Å²) in [6.45, 7) is 0. The quantitative estimate of drug-likeness (QED) is 0.739. The fourth-order valence-corrected chi connectivity index (χ4v) is 3.52. The summed E-state index contributed by atoms with van der Waals surface area (Å²) < 4.78 is 0. The Morgan fingerprint density at radius 3 is 2.14 bits per heavy atom. The van der Waals surface area contributed by atoms with E-state index in [1.165, 1.54) is 25.0 Å². The average molecular weight is 302 g/mol. The summed E-state index contributed by atoms with van der Waals surface area (Å²) in [4.78, 5) is 35.2. The molecule has 0 aliphatic heterocycles. The maximum Gasteiger partial charge on any atom is 0.336 e. The second kappa shape index (κ2) is 5.79. The molecular weight excluding hydrogens is 284 g/mol. The van der Waals surface area contributed by atoms with Gasteiger partial charge in [-0.1, -0.05) is 25.0 Å². The van der Waals surface area contributed by atoms with Gasteiger partial charge in [0.1, 0.15) is 0 Å². The van der Waals surface area contributed by atoms with E-state index < -0.39 is 11.9 Å². The Balaban J connectivity index is 1.59. The molecule has 116 valence electrons. The SMILES string of the molecule is O=C(O)c1ccccc1C(=O)NNC(=O)C1[C@H]2CCCC[C@H]12. The van der Waals surface area contributed by atoms with Crippen molar-refractivity contribution in [2.75, 3.05) is 0 Å². The molecule has 3 rings (SSSR count). The van der Waals surface area contributed by atoms with Crippen molar-refractivity contribution >= 4 is 17.8 Å². The summed E-state index contributed by atoms with van der Waals surface area (Å²) in [6, 6.07) is 5.91. The van der Waals surface area contributed by atoms with Crippen LogP contribution in [-0.2, 0) is 4.79 Å². The molecule has 0 radical (unpaired) electrons. The van der Waals surface area contributed by atoms with Gasteiger partial charge in [-0.15, -0.1) is 0 Å². The lowest BCUT2D eigenvalue weighted by Gasteiger charge is -2.09. The molecule has 6 heteroatoms. The van der Waals surface area contributed by atoms with E-state index >= 15 is 0 Å². The Bertz CT molecular complexity index is 616. The van der Waals surface area contributed by atoms with Crippen LogP contribution in [0.4, 0.5) is 0 Å². The molecule has 2 fully saturated rings. The first-order chi connectivity index (χ1) is 10.6. The van der Waals surface area contributed by atoms with Crippen LogP contribution in [0.1, 0.15) is 46.4 Å². The first-order valence-corrected chi connectivity index (χ1v) is 7.52. The number of rotatable bonds is 3. The highest BCUT2D eigenvalue weighted by molar-refractivity contribution is 6.05. The lowest BCUT2D eigenvalue weighted by Crippen LogP contribution is -2.43. The van der Waals surface area contributed by atoms with Gasteiger partial charge in [-0.3, -0.25) is 20.4 Å². The zero-order valence-electron chi connectivity index (χ0n) is 12.0. The summed E-state index contributed by atoms with van der Waals surface area (Å²) in [7, 11) is 0. The average Bonchev–Trinajstić information content (AvgIpc) is 3.26. The number of amides is 2. The standard InChI is InChI=1S/C16H18N2O4/c19-14(11-7-3-4-8-12(11)16(21)22)17-18-15(20)13-9-5-1-2-6-10(9)13/h3-4,7-10,13H,1-2,5-6H2,(H,17,19)(H,18,20)(H,21,22)/t9-,10-/m0/s1. The minimum absolute atomic E-state index is 0.00230. The van der Waals surface area contributed by atoms with Crippen molar-refractivity contribution in [1.82, 2.24) is 10.9 Å². The van der Waals surface area contributed by atoms with Crippen molar-refractivity contribution in [2.45, 2.75) is 25.7 Å². The second-order valence-corrected chi connectivity index (χ2v) is 5.93. The second-order valence-electron chi connectivity index (χ2n) is 5.93. The highest BCUT2D eigenvalue weighted by Crippen LogP contribution is 2.55. The molecule has 0 unspecified atom stereocenters. The minimum atomic E-state index is -1.18. The summed E-state index contributed by atoms with van der Waals surface area (Å²) >= 11 is 0. The number of carboxylic acids is 1. The van der Waals surface area contributed by atoms with Gasteiger partial charge in [0, 0.05) is 5.92 Å². The van der Waals surface area contributed by atoms with E-state index in [0.717, 1.165) is 12.8 Å². The number of hydrazine groups is 1. The molecule has 2 saturated carbocycles. The lowest BCUT2D eigenvalue weighted by molar-refractivity contribution is -0.123. The van der Waals surface area contributed by atoms with Gasteiger partial charge in [0.05, 0.1) is 11.1 Å². The van der Waals surface area contributed by atoms with Gasteiger partial charge in [0.2, 0.25) is 5.91 Å². The van der Waals surface area contributed by atoms with Crippen LogP contribution in [0, 0.1) is 17.8 Å². The number of fused-ring (bicyclic) bond motifs is 1. The van der Waals surface area contributed by atoms with E-state index in [0.29, 0.717) is 11.8 Å². The molecule has 0 saturated heterocycles. The fraction of sp³-hybridized carbons (Fsp3) is 0.438. The Kier molecular flexibility index (Phi) is 3.83. The largest absolute Gasteiger partial charge is 0.478 e. The van der Waals surface area contributed by atoms with E-state index in [2.05, 4.69) is 10.9 Å². The zero-order chi connectivity index (χ0) is 15.7. The van der Waals surface area contributed by atoms with Crippen molar-refractivity contribution in [2.24, 2.45) is 17.8 Å². The minimum Gasteiger partial charge on any atom is -0.478 e. The molecule has 22 heavy (non-hydrogen) atoms. The van der Waals surface area contributed by atoms with Crippen molar-refractivity contribution < 1.29 is 19.5 Å². The molecule has 6 nitrogen and oxygen atoms in total. The van der Waals surface area contributed by atoms with Gasteiger partial charge in [-0.05, 0) is 36.8 Å². The van der Waals surface area contributed by atoms with Crippen molar-refractivity contribution in [3.63, 3.8) is 0 Å². The molecule has 3 N–H and O–H groups in total. The Hall–Kier alpha value is -2.37. The Morgan fingerprint density at radius 2 is 1.55 bits per heavy atom. The van der Waals surface area contributed by atoms with E-state index in [9.17, 15) is 14.4 Å². The third-order valence-electron chi connectivity index (χ3n) is 4.66. The maximum atomic E-state index is 12.1. The number of carboxylic acid groups (broad SMARTS) is 1. The van der Waals surface area contributed by atoms with E-state index in [1.807, 2.05) is 0 Å². The smallest absolute Gasteiger partial charge is 0.336 e. The van der Waals surface area contributed by atoms with Crippen molar-refractivity contribution in [1.29, 1.82) is 0 Å². The molecular formula is C16H18N2O4. The fourth-order valence-electron chi connectivity index (χ4n) is 3.52. The zero-order valence-corrected chi connectivity index (χ0v) is 12.0. The molecule has 0 heterocycles. The van der Waals surface area contributed by atoms with Gasteiger partial charge in [-0.25, -0.2) is 4.79 Å². The van der Waals surface area contributed by atoms with Crippen LogP contribution in [0.15, 0.2) is 24.3 Å². The number of hydrogen-bond acceptors (Lipinski definition) is 3. The molecule has 0 spiro atoms. The number of hydrogen-bond donors (Lipinski definition) is 3. The lowest BCUT2D eigenvalue weighted by atomic mass is 10.0. The number of benzene rings is 1. The van der Waals surface area contributed by atoms with Crippen LogP contribution in [0.2, 0.25) is 0 Å². The van der Waals surface area contributed by atoms with Crippen LogP contribution < -0.4 is 10.9 Å².